The van der Waals surface area contributed by atoms with Crippen LogP contribution in [0, 0.1) is 14.4 Å². The summed E-state index contributed by atoms with van der Waals surface area (Å²) < 4.78 is 0. The van der Waals surface area contributed by atoms with Crippen LogP contribution in [0.4, 0.5) is 0 Å². The van der Waals surface area contributed by atoms with Crippen molar-refractivity contribution in [1.29, 1.82) is 0 Å². The molecule has 0 bridgehead atoms. The van der Waals surface area contributed by atoms with E-state index in [-0.39, 0.29) is 47.5 Å². The van der Waals surface area contributed by atoms with E-state index in [0.29, 0.717) is 5.92 Å². The molecule has 76 valence electrons. The first kappa shape index (κ1) is 20.0. The van der Waals surface area contributed by atoms with Gasteiger partial charge in [-0.05, 0) is 0 Å². The van der Waals surface area contributed by atoms with Gasteiger partial charge in [-0.1, -0.05) is 55.7 Å². The minimum Gasteiger partial charge on any atom is -0.358 e. The molecule has 0 saturated carbocycles. The molecule has 1 rings (SSSR count). The van der Waals surface area contributed by atoms with Crippen LogP contribution < -0.4 is 0 Å². The first-order valence-electron chi connectivity index (χ1n) is 4.22. The molecule has 14 heavy (non-hydrogen) atoms. The largest absolute Gasteiger partial charge is 2.00 e. The molecule has 1 atom stereocenters. The van der Waals surface area contributed by atoms with Crippen LogP contribution in [0.5, 0.6) is 0 Å². The molecule has 0 radical (unpaired) electrons. The van der Waals surface area contributed by atoms with Crippen LogP contribution in [0.3, 0.4) is 0 Å². The fourth-order valence-corrected chi connectivity index (χ4v) is 1.24. The molecule has 1 aromatic carbocycles. The molecule has 0 aliphatic rings. The second-order valence-electron chi connectivity index (χ2n) is 2.90. The zero-order valence-corrected chi connectivity index (χ0v) is 12.3. The zero-order valence-electron chi connectivity index (χ0n) is 9.20. The molecule has 0 aromatic heterocycles. The van der Waals surface area contributed by atoms with E-state index in [1.54, 1.807) is 0 Å². The van der Waals surface area contributed by atoms with E-state index in [1.165, 1.54) is 18.4 Å². The molecule has 0 fully saturated rings. The van der Waals surface area contributed by atoms with Crippen LogP contribution in [0.1, 0.15) is 31.2 Å². The van der Waals surface area contributed by atoms with Crippen molar-refractivity contribution in [3.8, 4) is 0 Å². The Kier molecular flexibility index (Phi) is 16.4. The van der Waals surface area contributed by atoms with Crippen molar-refractivity contribution in [2.45, 2.75) is 25.7 Å². The number of halogens is 1. The summed E-state index contributed by atoms with van der Waals surface area (Å²) in [7, 11) is 0. The van der Waals surface area contributed by atoms with Gasteiger partial charge in [0.25, 0.3) is 0 Å². The summed E-state index contributed by atoms with van der Waals surface area (Å²) in [5.74, 6) is 0.473. The van der Waals surface area contributed by atoms with E-state index in [9.17, 15) is 0 Å². The summed E-state index contributed by atoms with van der Waals surface area (Å²) in [6.45, 7) is 6.29. The average Bonchev–Trinajstić information content (AvgIpc) is 2.07. The van der Waals surface area contributed by atoms with Crippen molar-refractivity contribution < 1.29 is 0 Å². The van der Waals surface area contributed by atoms with Crippen LogP contribution in [-0.2, 0) is 0 Å². The molecule has 0 amide bonds. The van der Waals surface area contributed by atoms with Crippen molar-refractivity contribution in [2.75, 3.05) is 0 Å². The van der Waals surface area contributed by atoms with Crippen LogP contribution in [0.2, 0.25) is 0 Å². The Morgan fingerprint density at radius 2 is 1.71 bits per heavy atom. The molecule has 0 aliphatic heterocycles. The maximum absolute atomic E-state index is 4.10. The predicted molar refractivity (Wildman–Crippen MR) is 71.9 cm³/mol. The molecule has 0 N–H and O–H groups in total. The average molecular weight is 267 g/mol. The second-order valence-corrected chi connectivity index (χ2v) is 2.90. The first-order valence-corrected chi connectivity index (χ1v) is 4.22. The molecular formula is C12H19BrMg. The van der Waals surface area contributed by atoms with Crippen LogP contribution in [0.25, 0.3) is 0 Å². The summed E-state index contributed by atoms with van der Waals surface area (Å²) in [6, 6.07) is 10.5. The number of hydrogen-bond donors (Lipinski definition) is 0. The van der Waals surface area contributed by atoms with Gasteiger partial charge in [0.15, 0.2) is 0 Å². The summed E-state index contributed by atoms with van der Waals surface area (Å²) in [5.41, 5.74) is 1.36. The van der Waals surface area contributed by atoms with Crippen LogP contribution in [-0.4, -0.2) is 23.1 Å². The molecule has 0 nitrogen and oxygen atoms in total. The van der Waals surface area contributed by atoms with Crippen LogP contribution in [0.15, 0.2) is 30.3 Å². The Bertz CT molecular complexity index is 199. The third-order valence-corrected chi connectivity index (χ3v) is 1.91. The van der Waals surface area contributed by atoms with Gasteiger partial charge in [0.2, 0.25) is 0 Å². The van der Waals surface area contributed by atoms with Crippen molar-refractivity contribution in [3.05, 3.63) is 50.2 Å². The molecule has 0 aliphatic carbocycles. The molecule has 2 heteroatoms. The van der Waals surface area contributed by atoms with Crippen LogP contribution >= 0.6 is 17.0 Å². The number of rotatable bonds is 3. The zero-order chi connectivity index (χ0) is 8.10. The van der Waals surface area contributed by atoms with Crippen molar-refractivity contribution >= 4 is 40.0 Å². The van der Waals surface area contributed by atoms with Gasteiger partial charge < -0.3 is 14.4 Å². The Morgan fingerprint density at radius 3 is 2.14 bits per heavy atom. The van der Waals surface area contributed by atoms with Gasteiger partial charge in [-0.2, -0.15) is 0 Å². The molecule has 0 heterocycles. The number of benzene rings is 1. The maximum atomic E-state index is 4.10. The predicted octanol–water partition coefficient (Wildman–Crippen LogP) is 4.05. The quantitative estimate of drug-likeness (QED) is 0.572. The topological polar surface area (TPSA) is 0 Å². The first-order chi connectivity index (χ1) is 5.34. The van der Waals surface area contributed by atoms with Gasteiger partial charge in [0.1, 0.15) is 0 Å². The van der Waals surface area contributed by atoms with E-state index < -0.39 is 0 Å². The van der Waals surface area contributed by atoms with Crippen molar-refractivity contribution in [2.24, 2.45) is 0 Å². The maximum Gasteiger partial charge on any atom is 2.00 e. The number of hydrogen-bond acceptors (Lipinski definition) is 0. The summed E-state index contributed by atoms with van der Waals surface area (Å²) >= 11 is 0. The summed E-state index contributed by atoms with van der Waals surface area (Å²) in [5, 5.41) is 0. The van der Waals surface area contributed by atoms with Gasteiger partial charge >= 0.3 is 23.1 Å². The second kappa shape index (κ2) is 11.5. The Morgan fingerprint density at radius 1 is 1.21 bits per heavy atom. The molecule has 0 spiro atoms. The molecule has 1 aromatic rings. The van der Waals surface area contributed by atoms with Gasteiger partial charge in [0, 0.05) is 0 Å². The van der Waals surface area contributed by atoms with E-state index >= 15 is 0 Å². The standard InChI is InChI=1S/C11H15.CH3.BrH.Mg/c1-3-7-10(2)11-8-5-4-6-9-11;;;/h4-6,8-10H,2-3,7H2,1H3;1H3;1H;/q2*-1;;+2. The Labute approximate surface area is 115 Å². The van der Waals surface area contributed by atoms with Gasteiger partial charge in [-0.25, -0.2) is 0 Å². The molecule has 1 unspecified atom stereocenters. The van der Waals surface area contributed by atoms with E-state index in [2.05, 4.69) is 38.1 Å². The van der Waals surface area contributed by atoms with Crippen molar-refractivity contribution in [3.63, 3.8) is 0 Å². The molecular weight excluding hydrogens is 248 g/mol. The normalized spacial score (nSPS) is 10.1. The third kappa shape index (κ3) is 6.85. The third-order valence-electron chi connectivity index (χ3n) is 1.91. The minimum atomic E-state index is 0. The van der Waals surface area contributed by atoms with Gasteiger partial charge in [0.05, 0.1) is 0 Å². The van der Waals surface area contributed by atoms with E-state index in [1.807, 2.05) is 6.07 Å². The monoisotopic (exact) mass is 266 g/mol. The SMILES string of the molecule is Br.[CH2-]C(CCC)c1ccccc1.[CH3-].[Mg+2]. The van der Waals surface area contributed by atoms with E-state index in [0.717, 1.165) is 0 Å². The van der Waals surface area contributed by atoms with Gasteiger partial charge in [-0.15, -0.1) is 22.9 Å². The minimum absolute atomic E-state index is 0. The van der Waals surface area contributed by atoms with Gasteiger partial charge in [-0.3, -0.25) is 0 Å². The van der Waals surface area contributed by atoms with Crippen molar-refractivity contribution in [1.82, 2.24) is 0 Å². The summed E-state index contributed by atoms with van der Waals surface area (Å²) in [6.07, 6.45) is 2.40. The summed E-state index contributed by atoms with van der Waals surface area (Å²) in [4.78, 5) is 0. The smallest absolute Gasteiger partial charge is 0.358 e. The Hall–Kier alpha value is 0.466. The fraction of sp³-hybridized carbons (Fsp3) is 0.333. The molecule has 0 saturated heterocycles. The fourth-order valence-electron chi connectivity index (χ4n) is 1.24. The van der Waals surface area contributed by atoms with E-state index in [4.69, 9.17) is 0 Å². The Balaban J connectivity index is -0.000000403.